The maximum Gasteiger partial charge on any atom is 0.300 e. The predicted octanol–water partition coefficient (Wildman–Crippen LogP) is -2.68. The van der Waals surface area contributed by atoms with Crippen LogP contribution < -0.4 is 16.0 Å². The molecule has 1 aliphatic heterocycles. The molecule has 1 aliphatic rings. The third-order valence-electron chi connectivity index (χ3n) is 3.49. The van der Waals surface area contributed by atoms with E-state index in [0.29, 0.717) is 0 Å². The number of anilines is 1. The Morgan fingerprint density at radius 1 is 1.41 bits per heavy atom. The number of aromatic nitrogens is 4. The van der Waals surface area contributed by atoms with Gasteiger partial charge in [-0.15, -0.1) is 0 Å². The van der Waals surface area contributed by atoms with Gasteiger partial charge >= 0.3 is 6.01 Å². The van der Waals surface area contributed by atoms with Crippen LogP contribution in [0.2, 0.25) is 0 Å². The Balaban J connectivity index is 2.20. The number of nitrogen functional groups attached to an aromatic ring is 1. The van der Waals surface area contributed by atoms with Crippen molar-refractivity contribution in [2.24, 2.45) is 0 Å². The number of rotatable bonds is 3. The summed E-state index contributed by atoms with van der Waals surface area (Å²) in [4.78, 5) is 22.1. The summed E-state index contributed by atoms with van der Waals surface area (Å²) in [5.74, 6) is -0.145. The zero-order chi connectivity index (χ0) is 16.0. The molecule has 1 saturated heterocycles. The molecule has 120 valence electrons. The topological polar surface area (TPSA) is 169 Å². The molecule has 0 aromatic carbocycles. The lowest BCUT2D eigenvalue weighted by Crippen LogP contribution is -2.33. The standard InChI is InChI=1S/C11H15N5O6/c1-21-11-13-4-7(14-10(12)15-8(4)20)16(11)9-6(19)5(18)3(2-17)22-9/h3,5-6,9,17-19H,2H2,1H3,(H3,12,14,15,20)/t3-,5-,6-,9?/m1/s1. The highest BCUT2D eigenvalue weighted by atomic mass is 16.6. The molecular weight excluding hydrogens is 298 g/mol. The van der Waals surface area contributed by atoms with Gasteiger partial charge in [-0.05, 0) is 0 Å². The molecule has 1 fully saturated rings. The van der Waals surface area contributed by atoms with Gasteiger partial charge in [0.25, 0.3) is 5.56 Å². The Morgan fingerprint density at radius 3 is 2.73 bits per heavy atom. The van der Waals surface area contributed by atoms with Crippen LogP contribution in [0.25, 0.3) is 11.2 Å². The number of nitrogens with two attached hydrogens (primary N) is 1. The van der Waals surface area contributed by atoms with Crippen LogP contribution in [0, 0.1) is 0 Å². The second-order valence-corrected chi connectivity index (χ2v) is 4.82. The smallest absolute Gasteiger partial charge is 0.300 e. The fourth-order valence-corrected chi connectivity index (χ4v) is 2.45. The minimum atomic E-state index is -1.37. The number of aliphatic hydroxyl groups excluding tert-OH is 3. The van der Waals surface area contributed by atoms with Gasteiger partial charge < -0.3 is 30.5 Å². The molecule has 2 aromatic heterocycles. The lowest BCUT2D eigenvalue weighted by Gasteiger charge is -2.18. The summed E-state index contributed by atoms with van der Waals surface area (Å²) in [6.07, 6.45) is -4.80. The first-order valence-electron chi connectivity index (χ1n) is 6.42. The highest BCUT2D eigenvalue weighted by Gasteiger charge is 2.45. The quantitative estimate of drug-likeness (QED) is 0.405. The van der Waals surface area contributed by atoms with Crippen molar-refractivity contribution in [2.75, 3.05) is 19.5 Å². The van der Waals surface area contributed by atoms with E-state index in [4.69, 9.17) is 20.3 Å². The van der Waals surface area contributed by atoms with Crippen LogP contribution in [0.4, 0.5) is 5.95 Å². The average molecular weight is 313 g/mol. The second-order valence-electron chi connectivity index (χ2n) is 4.82. The maximum absolute atomic E-state index is 11.9. The summed E-state index contributed by atoms with van der Waals surface area (Å²) >= 11 is 0. The second kappa shape index (κ2) is 5.21. The predicted molar refractivity (Wildman–Crippen MR) is 72.1 cm³/mol. The number of imidazole rings is 1. The highest BCUT2D eigenvalue weighted by Crippen LogP contribution is 2.34. The van der Waals surface area contributed by atoms with Crippen molar-refractivity contribution in [3.05, 3.63) is 10.4 Å². The molecule has 11 heteroatoms. The number of aliphatic hydroxyl groups is 3. The lowest BCUT2D eigenvalue weighted by molar-refractivity contribution is -0.0537. The molecule has 0 bridgehead atoms. The normalized spacial score (nSPS) is 28.4. The number of nitrogens with one attached hydrogen (secondary N) is 1. The van der Waals surface area contributed by atoms with Crippen LogP contribution in [0.1, 0.15) is 6.23 Å². The van der Waals surface area contributed by atoms with Gasteiger partial charge in [0, 0.05) is 0 Å². The van der Waals surface area contributed by atoms with Gasteiger partial charge in [-0.3, -0.25) is 9.78 Å². The van der Waals surface area contributed by atoms with Crippen molar-refractivity contribution in [3.8, 4) is 6.01 Å². The van der Waals surface area contributed by atoms with Crippen LogP contribution >= 0.6 is 0 Å². The lowest BCUT2D eigenvalue weighted by atomic mass is 10.1. The molecule has 22 heavy (non-hydrogen) atoms. The maximum atomic E-state index is 11.9. The Morgan fingerprint density at radius 2 is 2.14 bits per heavy atom. The SMILES string of the molecule is COc1nc2c(=O)[nH]c(N)nc2n1C1O[C@H](CO)[C@@H](O)[C@H]1O. The minimum absolute atomic E-state index is 0.0351. The van der Waals surface area contributed by atoms with Gasteiger partial charge in [0.05, 0.1) is 13.7 Å². The zero-order valence-corrected chi connectivity index (χ0v) is 11.5. The van der Waals surface area contributed by atoms with Crippen molar-refractivity contribution < 1.29 is 24.8 Å². The Hall–Kier alpha value is -2.21. The fraction of sp³-hybridized carbons (Fsp3) is 0.545. The number of aromatic amines is 1. The Kier molecular flexibility index (Phi) is 3.48. The first kappa shape index (κ1) is 14.7. The summed E-state index contributed by atoms with van der Waals surface area (Å²) < 4.78 is 11.7. The number of fused-ring (bicyclic) bond motifs is 1. The van der Waals surface area contributed by atoms with Gasteiger partial charge in [-0.1, -0.05) is 0 Å². The van der Waals surface area contributed by atoms with Crippen LogP contribution in [0.3, 0.4) is 0 Å². The van der Waals surface area contributed by atoms with E-state index in [1.165, 1.54) is 11.7 Å². The summed E-state index contributed by atoms with van der Waals surface area (Å²) in [6, 6.07) is -0.0477. The Bertz CT molecular complexity index is 757. The third-order valence-corrected chi connectivity index (χ3v) is 3.49. The first-order valence-corrected chi connectivity index (χ1v) is 6.42. The van der Waals surface area contributed by atoms with Gasteiger partial charge in [-0.25, -0.2) is 4.57 Å². The fourth-order valence-electron chi connectivity index (χ4n) is 2.45. The molecule has 0 radical (unpaired) electrons. The summed E-state index contributed by atoms with van der Waals surface area (Å²) in [5, 5.41) is 29.1. The number of hydrogen-bond acceptors (Lipinski definition) is 9. The highest BCUT2D eigenvalue weighted by molar-refractivity contribution is 5.72. The van der Waals surface area contributed by atoms with Crippen LogP contribution in [0.15, 0.2) is 4.79 Å². The van der Waals surface area contributed by atoms with Crippen LogP contribution in [-0.4, -0.2) is 66.9 Å². The van der Waals surface area contributed by atoms with E-state index in [-0.39, 0.29) is 23.1 Å². The number of nitrogens with zero attached hydrogens (tertiary/aromatic N) is 3. The number of ether oxygens (including phenoxy) is 2. The van der Waals surface area contributed by atoms with Crippen molar-refractivity contribution in [1.82, 2.24) is 19.5 Å². The van der Waals surface area contributed by atoms with E-state index in [1.54, 1.807) is 0 Å². The molecule has 6 N–H and O–H groups in total. The van der Waals surface area contributed by atoms with E-state index in [9.17, 15) is 15.0 Å². The molecular formula is C11H15N5O6. The molecule has 0 saturated carbocycles. The van der Waals surface area contributed by atoms with E-state index in [0.717, 1.165) is 0 Å². The van der Waals surface area contributed by atoms with E-state index >= 15 is 0 Å². The first-order chi connectivity index (χ1) is 10.5. The van der Waals surface area contributed by atoms with Crippen molar-refractivity contribution in [3.63, 3.8) is 0 Å². The number of methoxy groups -OCH3 is 1. The van der Waals surface area contributed by atoms with E-state index in [2.05, 4.69) is 15.0 Å². The molecule has 0 spiro atoms. The summed E-state index contributed by atoms with van der Waals surface area (Å²) in [5.41, 5.74) is 4.92. The van der Waals surface area contributed by atoms with E-state index < -0.39 is 36.7 Å². The average Bonchev–Trinajstić information content (AvgIpc) is 2.98. The van der Waals surface area contributed by atoms with Gasteiger partial charge in [0.2, 0.25) is 5.95 Å². The monoisotopic (exact) mass is 313 g/mol. The van der Waals surface area contributed by atoms with Crippen LogP contribution in [-0.2, 0) is 4.74 Å². The Labute approximate surface area is 122 Å². The van der Waals surface area contributed by atoms with Crippen molar-refractivity contribution in [1.29, 1.82) is 0 Å². The van der Waals surface area contributed by atoms with Crippen molar-refractivity contribution >= 4 is 17.1 Å². The molecule has 2 aromatic rings. The van der Waals surface area contributed by atoms with Gasteiger partial charge in [-0.2, -0.15) is 9.97 Å². The van der Waals surface area contributed by atoms with Crippen LogP contribution in [0.5, 0.6) is 6.01 Å². The molecule has 3 heterocycles. The summed E-state index contributed by atoms with van der Waals surface area (Å²) in [7, 11) is 1.32. The third kappa shape index (κ3) is 2.02. The number of hydrogen-bond donors (Lipinski definition) is 5. The molecule has 0 amide bonds. The van der Waals surface area contributed by atoms with E-state index in [1.807, 2.05) is 0 Å². The molecule has 0 aliphatic carbocycles. The minimum Gasteiger partial charge on any atom is -0.468 e. The molecule has 11 nitrogen and oxygen atoms in total. The van der Waals surface area contributed by atoms with Gasteiger partial charge in [0.15, 0.2) is 17.4 Å². The summed E-state index contributed by atoms with van der Waals surface area (Å²) in [6.45, 7) is -0.486. The number of H-pyrrole nitrogens is 1. The largest absolute Gasteiger partial charge is 0.468 e. The zero-order valence-electron chi connectivity index (χ0n) is 11.5. The van der Waals surface area contributed by atoms with Crippen molar-refractivity contribution in [2.45, 2.75) is 24.5 Å². The molecule has 4 atom stereocenters. The molecule has 1 unspecified atom stereocenters. The molecule has 3 rings (SSSR count). The van der Waals surface area contributed by atoms with Gasteiger partial charge in [0.1, 0.15) is 18.3 Å².